The van der Waals surface area contributed by atoms with Gasteiger partial charge in [-0.05, 0) is 37.6 Å². The van der Waals surface area contributed by atoms with E-state index in [2.05, 4.69) is 10.3 Å². The van der Waals surface area contributed by atoms with Gasteiger partial charge in [-0.15, -0.1) is 0 Å². The number of primary amides is 1. The SMILES string of the molecule is CCOc1cc2ncc(C(N)=O)c(Nc3ccc(C)cc3F)c2cc1N1CCN(C(=O)O)CC1. The molecule has 2 aromatic carbocycles. The molecule has 178 valence electrons. The van der Waals surface area contributed by atoms with E-state index in [1.165, 1.54) is 17.2 Å². The number of anilines is 3. The summed E-state index contributed by atoms with van der Waals surface area (Å²) in [6, 6.07) is 8.35. The lowest BCUT2D eigenvalue weighted by Crippen LogP contribution is -2.48. The summed E-state index contributed by atoms with van der Waals surface area (Å²) in [4.78, 5) is 31.3. The van der Waals surface area contributed by atoms with E-state index in [0.717, 1.165) is 11.3 Å². The maximum Gasteiger partial charge on any atom is 0.407 e. The third-order valence-corrected chi connectivity index (χ3v) is 5.79. The fourth-order valence-electron chi connectivity index (χ4n) is 4.04. The molecule has 0 bridgehead atoms. The summed E-state index contributed by atoms with van der Waals surface area (Å²) in [6.07, 6.45) is 0.408. The Balaban J connectivity index is 1.84. The number of nitrogens with two attached hydrogens (primary N) is 1. The molecule has 0 spiro atoms. The molecule has 10 heteroatoms. The van der Waals surface area contributed by atoms with Gasteiger partial charge in [0.05, 0.1) is 34.7 Å². The highest BCUT2D eigenvalue weighted by Gasteiger charge is 2.24. The van der Waals surface area contributed by atoms with Crippen LogP contribution in [0.15, 0.2) is 36.5 Å². The second-order valence-electron chi connectivity index (χ2n) is 8.05. The van der Waals surface area contributed by atoms with Gasteiger partial charge in [0, 0.05) is 43.8 Å². The van der Waals surface area contributed by atoms with E-state index in [9.17, 15) is 19.1 Å². The van der Waals surface area contributed by atoms with Crippen LogP contribution in [-0.4, -0.2) is 59.8 Å². The minimum atomic E-state index is -0.954. The lowest BCUT2D eigenvalue weighted by Gasteiger charge is -2.35. The van der Waals surface area contributed by atoms with E-state index in [-0.39, 0.29) is 11.3 Å². The summed E-state index contributed by atoms with van der Waals surface area (Å²) in [5.41, 5.74) is 8.32. The van der Waals surface area contributed by atoms with Crippen LogP contribution in [0.1, 0.15) is 22.8 Å². The molecule has 3 aromatic rings. The molecule has 1 aliphatic heterocycles. The van der Waals surface area contributed by atoms with Gasteiger partial charge in [-0.1, -0.05) is 6.07 Å². The molecule has 0 unspecified atom stereocenters. The second kappa shape index (κ2) is 9.42. The first kappa shape index (κ1) is 23.1. The number of rotatable bonds is 6. The van der Waals surface area contributed by atoms with Gasteiger partial charge in [-0.3, -0.25) is 9.78 Å². The number of pyridine rings is 1. The predicted molar refractivity (Wildman–Crippen MR) is 128 cm³/mol. The van der Waals surface area contributed by atoms with Crippen molar-refractivity contribution in [2.45, 2.75) is 13.8 Å². The van der Waals surface area contributed by atoms with Gasteiger partial charge in [0.15, 0.2) is 0 Å². The van der Waals surface area contributed by atoms with Crippen molar-refractivity contribution in [3.63, 3.8) is 0 Å². The Hall–Kier alpha value is -4.08. The van der Waals surface area contributed by atoms with E-state index < -0.39 is 17.8 Å². The molecular formula is C24H26FN5O4. The van der Waals surface area contributed by atoms with Gasteiger partial charge in [-0.25, -0.2) is 9.18 Å². The molecule has 4 N–H and O–H groups in total. The molecule has 2 amide bonds. The zero-order chi connectivity index (χ0) is 24.4. The van der Waals surface area contributed by atoms with E-state index in [0.29, 0.717) is 55.1 Å². The van der Waals surface area contributed by atoms with Crippen molar-refractivity contribution in [1.82, 2.24) is 9.88 Å². The maximum absolute atomic E-state index is 14.6. The molecule has 0 radical (unpaired) electrons. The number of hydrogen-bond donors (Lipinski definition) is 3. The maximum atomic E-state index is 14.6. The van der Waals surface area contributed by atoms with Gasteiger partial charge in [0.1, 0.15) is 11.6 Å². The third-order valence-electron chi connectivity index (χ3n) is 5.79. The summed E-state index contributed by atoms with van der Waals surface area (Å²) in [6.45, 7) is 5.71. The average Bonchev–Trinajstić information content (AvgIpc) is 2.80. The number of piperazine rings is 1. The van der Waals surface area contributed by atoms with E-state index in [1.807, 2.05) is 17.9 Å². The summed E-state index contributed by atoms with van der Waals surface area (Å²) in [5, 5.41) is 12.9. The molecule has 0 aliphatic carbocycles. The zero-order valence-electron chi connectivity index (χ0n) is 19.0. The lowest BCUT2D eigenvalue weighted by molar-refractivity contribution is 0.100. The Morgan fingerprint density at radius 2 is 1.94 bits per heavy atom. The number of aromatic nitrogens is 1. The average molecular weight is 468 g/mol. The number of carbonyl (C=O) groups excluding carboxylic acids is 1. The van der Waals surface area contributed by atoms with Crippen molar-refractivity contribution in [2.24, 2.45) is 5.73 Å². The second-order valence-corrected chi connectivity index (χ2v) is 8.05. The molecule has 1 fully saturated rings. The fourth-order valence-corrected chi connectivity index (χ4v) is 4.04. The Morgan fingerprint density at radius 3 is 2.56 bits per heavy atom. The Bertz CT molecular complexity index is 1260. The number of aryl methyl sites for hydroxylation is 1. The Kier molecular flexibility index (Phi) is 6.40. The number of amides is 2. The van der Waals surface area contributed by atoms with Gasteiger partial charge >= 0.3 is 6.09 Å². The molecule has 0 atom stereocenters. The smallest absolute Gasteiger partial charge is 0.407 e. The molecule has 1 aromatic heterocycles. The van der Waals surface area contributed by atoms with E-state index >= 15 is 0 Å². The summed E-state index contributed by atoms with van der Waals surface area (Å²) in [7, 11) is 0. The van der Waals surface area contributed by atoms with Crippen molar-refractivity contribution in [3.05, 3.63) is 53.5 Å². The number of ether oxygens (including phenoxy) is 1. The fraction of sp³-hybridized carbons (Fsp3) is 0.292. The quantitative estimate of drug-likeness (QED) is 0.505. The monoisotopic (exact) mass is 467 g/mol. The van der Waals surface area contributed by atoms with Gasteiger partial charge < -0.3 is 30.7 Å². The van der Waals surface area contributed by atoms with Crippen LogP contribution in [0.5, 0.6) is 5.75 Å². The number of nitrogens with one attached hydrogen (secondary N) is 1. The highest BCUT2D eigenvalue weighted by Crippen LogP contribution is 2.38. The molecule has 1 aliphatic rings. The van der Waals surface area contributed by atoms with Crippen molar-refractivity contribution < 1.29 is 23.8 Å². The topological polar surface area (TPSA) is 121 Å². The summed E-state index contributed by atoms with van der Waals surface area (Å²) in [5.74, 6) is -0.572. The first-order chi connectivity index (χ1) is 16.3. The lowest BCUT2D eigenvalue weighted by atomic mass is 10.1. The van der Waals surface area contributed by atoms with Crippen molar-refractivity contribution in [1.29, 1.82) is 0 Å². The Morgan fingerprint density at radius 1 is 1.21 bits per heavy atom. The number of hydrogen-bond acceptors (Lipinski definition) is 6. The van der Waals surface area contributed by atoms with Crippen LogP contribution in [0.25, 0.3) is 10.9 Å². The first-order valence-electron chi connectivity index (χ1n) is 10.9. The molecule has 0 saturated carbocycles. The summed E-state index contributed by atoms with van der Waals surface area (Å²) >= 11 is 0. The number of halogens is 1. The van der Waals surface area contributed by atoms with Crippen LogP contribution in [0.2, 0.25) is 0 Å². The van der Waals surface area contributed by atoms with Crippen molar-refractivity contribution >= 4 is 40.0 Å². The number of benzene rings is 2. The normalized spacial score (nSPS) is 13.7. The minimum absolute atomic E-state index is 0.123. The molecular weight excluding hydrogens is 441 g/mol. The summed E-state index contributed by atoms with van der Waals surface area (Å²) < 4.78 is 20.5. The van der Waals surface area contributed by atoms with Crippen LogP contribution in [0, 0.1) is 12.7 Å². The Labute approximate surface area is 195 Å². The highest BCUT2D eigenvalue weighted by atomic mass is 19.1. The number of carboxylic acid groups (broad SMARTS) is 1. The van der Waals surface area contributed by atoms with Crippen LogP contribution in [0.3, 0.4) is 0 Å². The number of nitrogens with zero attached hydrogens (tertiary/aromatic N) is 3. The molecule has 2 heterocycles. The van der Waals surface area contributed by atoms with Crippen LogP contribution in [-0.2, 0) is 0 Å². The number of fused-ring (bicyclic) bond motifs is 1. The standard InChI is InChI=1S/C24H26FN5O4/c1-3-34-21-12-19-15(11-20(21)29-6-8-30(9-7-29)24(32)33)22(16(13-27-19)23(26)31)28-18-5-4-14(2)10-17(18)25/h4-5,10-13H,3,6-9H2,1-2H3,(H2,26,31)(H,27,28)(H,32,33). The highest BCUT2D eigenvalue weighted by molar-refractivity contribution is 6.08. The first-order valence-corrected chi connectivity index (χ1v) is 10.9. The molecule has 1 saturated heterocycles. The largest absolute Gasteiger partial charge is 0.492 e. The predicted octanol–water partition coefficient (Wildman–Crippen LogP) is 3.72. The van der Waals surface area contributed by atoms with Crippen LogP contribution >= 0.6 is 0 Å². The molecule has 4 rings (SSSR count). The number of carbonyl (C=O) groups is 2. The van der Waals surface area contributed by atoms with Crippen molar-refractivity contribution in [3.8, 4) is 5.75 Å². The van der Waals surface area contributed by atoms with Crippen LogP contribution in [0.4, 0.5) is 26.2 Å². The third kappa shape index (κ3) is 4.52. The van der Waals surface area contributed by atoms with E-state index in [1.54, 1.807) is 25.1 Å². The molecule has 34 heavy (non-hydrogen) atoms. The van der Waals surface area contributed by atoms with Gasteiger partial charge in [-0.2, -0.15) is 0 Å². The van der Waals surface area contributed by atoms with Crippen molar-refractivity contribution in [2.75, 3.05) is 43.0 Å². The van der Waals surface area contributed by atoms with Crippen LogP contribution < -0.4 is 20.7 Å². The minimum Gasteiger partial charge on any atom is -0.492 e. The zero-order valence-corrected chi connectivity index (χ0v) is 19.0. The van der Waals surface area contributed by atoms with Gasteiger partial charge in [0.25, 0.3) is 5.91 Å². The molecule has 9 nitrogen and oxygen atoms in total. The van der Waals surface area contributed by atoms with Gasteiger partial charge in [0.2, 0.25) is 0 Å². The van der Waals surface area contributed by atoms with E-state index in [4.69, 9.17) is 10.5 Å².